The Morgan fingerprint density at radius 2 is 1.84 bits per heavy atom. The number of para-hydroxylation sites is 1. The lowest BCUT2D eigenvalue weighted by molar-refractivity contribution is -0.171. The number of rotatable bonds is 6. The fourth-order valence-electron chi connectivity index (χ4n) is 5.19. The van der Waals surface area contributed by atoms with E-state index in [2.05, 4.69) is 14.9 Å². The Kier molecular flexibility index (Phi) is 6.39. The SMILES string of the molecule is [N-]=[N+]=NCCC[C@H]1[C@@H]2CCN(Cc3ccccc3)[C@@H]2c2ccccc2N1C(=O)C(F)(F)F. The van der Waals surface area contributed by atoms with Crippen LogP contribution in [-0.2, 0) is 11.3 Å². The Balaban J connectivity index is 1.73. The van der Waals surface area contributed by atoms with Crippen LogP contribution in [0.5, 0.6) is 0 Å². The van der Waals surface area contributed by atoms with Crippen molar-refractivity contribution in [3.8, 4) is 0 Å². The number of azide groups is 1. The zero-order chi connectivity index (χ0) is 22.7. The van der Waals surface area contributed by atoms with E-state index < -0.39 is 18.1 Å². The minimum absolute atomic E-state index is 0.0758. The molecule has 168 valence electrons. The van der Waals surface area contributed by atoms with Crippen molar-refractivity contribution in [1.82, 2.24) is 4.90 Å². The first-order valence-corrected chi connectivity index (χ1v) is 10.7. The fourth-order valence-corrected chi connectivity index (χ4v) is 5.19. The summed E-state index contributed by atoms with van der Waals surface area (Å²) in [6.07, 6.45) is -3.51. The number of anilines is 1. The second-order valence-electron chi connectivity index (χ2n) is 8.25. The predicted octanol–water partition coefficient (Wildman–Crippen LogP) is 5.62. The van der Waals surface area contributed by atoms with Gasteiger partial charge in [0.1, 0.15) is 0 Å². The molecule has 0 N–H and O–H groups in total. The van der Waals surface area contributed by atoms with Crippen LogP contribution in [0, 0.1) is 5.92 Å². The van der Waals surface area contributed by atoms with Gasteiger partial charge in [0.25, 0.3) is 0 Å². The summed E-state index contributed by atoms with van der Waals surface area (Å²) in [6.45, 7) is 1.61. The lowest BCUT2D eigenvalue weighted by Gasteiger charge is -2.46. The van der Waals surface area contributed by atoms with E-state index in [1.165, 1.54) is 0 Å². The van der Waals surface area contributed by atoms with Gasteiger partial charge in [0.2, 0.25) is 0 Å². The Morgan fingerprint density at radius 3 is 2.56 bits per heavy atom. The van der Waals surface area contributed by atoms with Crippen LogP contribution in [0.4, 0.5) is 18.9 Å². The fraction of sp³-hybridized carbons (Fsp3) is 0.435. The molecular formula is C23H24F3N5O. The van der Waals surface area contributed by atoms with Gasteiger partial charge < -0.3 is 4.90 Å². The number of hydrogen-bond acceptors (Lipinski definition) is 3. The predicted molar refractivity (Wildman–Crippen MR) is 115 cm³/mol. The number of fused-ring (bicyclic) bond motifs is 3. The van der Waals surface area contributed by atoms with Crippen molar-refractivity contribution in [3.05, 3.63) is 76.2 Å². The molecule has 4 rings (SSSR count). The highest BCUT2D eigenvalue weighted by Gasteiger charge is 2.53. The van der Waals surface area contributed by atoms with E-state index in [0.717, 1.165) is 22.6 Å². The van der Waals surface area contributed by atoms with Gasteiger partial charge in [0.05, 0.1) is 0 Å². The molecule has 0 bridgehead atoms. The molecule has 0 aromatic heterocycles. The van der Waals surface area contributed by atoms with Crippen molar-refractivity contribution in [2.45, 2.75) is 44.1 Å². The number of halogens is 3. The van der Waals surface area contributed by atoms with Crippen molar-refractivity contribution in [1.29, 1.82) is 0 Å². The number of alkyl halides is 3. The van der Waals surface area contributed by atoms with Gasteiger partial charge in [-0.3, -0.25) is 9.69 Å². The molecule has 1 fully saturated rings. The van der Waals surface area contributed by atoms with Gasteiger partial charge in [-0.15, -0.1) is 0 Å². The summed E-state index contributed by atoms with van der Waals surface area (Å²) in [7, 11) is 0. The summed E-state index contributed by atoms with van der Waals surface area (Å²) >= 11 is 0. The molecule has 0 aliphatic carbocycles. The van der Waals surface area contributed by atoms with Crippen molar-refractivity contribution in [2.75, 3.05) is 18.0 Å². The zero-order valence-electron chi connectivity index (χ0n) is 17.4. The minimum Gasteiger partial charge on any atom is -0.301 e. The molecule has 0 radical (unpaired) electrons. The quantitative estimate of drug-likeness (QED) is 0.252. The highest BCUT2D eigenvalue weighted by atomic mass is 19.4. The summed E-state index contributed by atoms with van der Waals surface area (Å²) in [5.74, 6) is -1.97. The second-order valence-corrected chi connectivity index (χ2v) is 8.25. The van der Waals surface area contributed by atoms with E-state index in [1.807, 2.05) is 42.5 Å². The van der Waals surface area contributed by atoms with E-state index in [0.29, 0.717) is 31.5 Å². The first-order chi connectivity index (χ1) is 15.4. The molecule has 9 heteroatoms. The summed E-state index contributed by atoms with van der Waals surface area (Å²) in [5, 5.41) is 3.52. The van der Waals surface area contributed by atoms with Gasteiger partial charge in [-0.1, -0.05) is 53.6 Å². The number of likely N-dealkylation sites (tertiary alicyclic amines) is 1. The normalized spacial score (nSPS) is 22.7. The largest absolute Gasteiger partial charge is 0.471 e. The number of nitrogens with zero attached hydrogens (tertiary/aromatic N) is 5. The summed E-state index contributed by atoms with van der Waals surface area (Å²) in [5.41, 5.74) is 10.8. The highest BCUT2D eigenvalue weighted by Crippen LogP contribution is 2.51. The van der Waals surface area contributed by atoms with Crippen LogP contribution >= 0.6 is 0 Å². The van der Waals surface area contributed by atoms with Gasteiger partial charge in [-0.2, -0.15) is 13.2 Å². The topological polar surface area (TPSA) is 72.3 Å². The molecule has 2 aromatic rings. The molecule has 0 spiro atoms. The van der Waals surface area contributed by atoms with E-state index in [1.54, 1.807) is 12.1 Å². The van der Waals surface area contributed by atoms with Crippen LogP contribution in [0.2, 0.25) is 0 Å². The third kappa shape index (κ3) is 4.31. The molecule has 32 heavy (non-hydrogen) atoms. The first kappa shape index (κ1) is 22.2. The third-order valence-corrected chi connectivity index (χ3v) is 6.40. The van der Waals surface area contributed by atoms with E-state index >= 15 is 0 Å². The van der Waals surface area contributed by atoms with Crippen LogP contribution in [0.1, 0.15) is 36.4 Å². The monoisotopic (exact) mass is 443 g/mol. The van der Waals surface area contributed by atoms with Crippen LogP contribution in [0.15, 0.2) is 59.7 Å². The maximum Gasteiger partial charge on any atom is 0.471 e. The summed E-state index contributed by atoms with van der Waals surface area (Å²) in [4.78, 5) is 18.5. The van der Waals surface area contributed by atoms with Crippen molar-refractivity contribution in [2.24, 2.45) is 11.0 Å². The van der Waals surface area contributed by atoms with Gasteiger partial charge >= 0.3 is 12.1 Å². The number of carbonyl (C=O) groups excluding carboxylic acids is 1. The molecule has 1 saturated heterocycles. The molecule has 2 heterocycles. The van der Waals surface area contributed by atoms with Crippen molar-refractivity contribution in [3.63, 3.8) is 0 Å². The molecule has 2 aliphatic rings. The molecule has 0 unspecified atom stereocenters. The Morgan fingerprint density at radius 1 is 1.12 bits per heavy atom. The van der Waals surface area contributed by atoms with Gasteiger partial charge in [-0.25, -0.2) is 0 Å². The van der Waals surface area contributed by atoms with Crippen molar-refractivity contribution >= 4 is 11.6 Å². The molecule has 6 nitrogen and oxygen atoms in total. The van der Waals surface area contributed by atoms with Crippen LogP contribution < -0.4 is 4.90 Å². The highest BCUT2D eigenvalue weighted by molar-refractivity contribution is 5.99. The smallest absolute Gasteiger partial charge is 0.301 e. The molecular weight excluding hydrogens is 419 g/mol. The van der Waals surface area contributed by atoms with Gasteiger partial charge in [0, 0.05) is 41.7 Å². The van der Waals surface area contributed by atoms with Crippen LogP contribution in [-0.4, -0.2) is 36.1 Å². The van der Waals surface area contributed by atoms with Crippen molar-refractivity contribution < 1.29 is 18.0 Å². The number of hydrogen-bond donors (Lipinski definition) is 0. The summed E-state index contributed by atoms with van der Waals surface area (Å²) < 4.78 is 40.8. The Hall–Kier alpha value is -3.03. The maximum absolute atomic E-state index is 13.6. The molecule has 2 aliphatic heterocycles. The number of carbonyl (C=O) groups is 1. The lowest BCUT2D eigenvalue weighted by Crippen LogP contribution is -2.54. The van der Waals surface area contributed by atoms with E-state index in [-0.39, 0.29) is 18.5 Å². The number of amides is 1. The van der Waals surface area contributed by atoms with Crippen LogP contribution in [0.3, 0.4) is 0 Å². The maximum atomic E-state index is 13.6. The summed E-state index contributed by atoms with van der Waals surface area (Å²) in [6, 6.07) is 16.2. The van der Waals surface area contributed by atoms with E-state index in [9.17, 15) is 18.0 Å². The van der Waals surface area contributed by atoms with Gasteiger partial charge in [-0.05, 0) is 48.5 Å². The number of benzene rings is 2. The average molecular weight is 443 g/mol. The third-order valence-electron chi connectivity index (χ3n) is 6.40. The first-order valence-electron chi connectivity index (χ1n) is 10.7. The lowest BCUT2D eigenvalue weighted by atomic mass is 9.79. The molecule has 1 amide bonds. The van der Waals surface area contributed by atoms with Crippen LogP contribution in [0.25, 0.3) is 10.4 Å². The molecule has 3 atom stereocenters. The average Bonchev–Trinajstić information content (AvgIpc) is 3.20. The Bertz CT molecular complexity index is 1010. The minimum atomic E-state index is -4.97. The Labute approximate surface area is 184 Å². The van der Waals surface area contributed by atoms with Gasteiger partial charge in [0.15, 0.2) is 0 Å². The molecule has 2 aromatic carbocycles. The standard InChI is InChI=1S/C23H24F3N5O/c24-23(25,26)22(32)31-19-10-5-4-9-17(19)21-18(20(31)11-6-13-28-29-27)12-14-30(21)15-16-7-2-1-3-8-16/h1-5,7-10,18,20-21H,6,11-15H2/t18-,20-,21+/m0/s1. The zero-order valence-corrected chi connectivity index (χ0v) is 17.4. The molecule has 0 saturated carbocycles. The second kappa shape index (κ2) is 9.22. The van der Waals surface area contributed by atoms with E-state index in [4.69, 9.17) is 5.53 Å².